The molecule has 0 aromatic heterocycles. The fraction of sp³-hybridized carbons (Fsp3) is 1.00. The smallest absolute Gasteiger partial charge is 0.0611 e. The second-order valence-corrected chi connectivity index (χ2v) is 18.9. The Bertz CT molecular complexity index is 902. The molecule has 0 bridgehead atoms. The molecule has 5 N–H and O–H groups in total. The van der Waals surface area contributed by atoms with Gasteiger partial charge in [0.1, 0.15) is 0 Å². The summed E-state index contributed by atoms with van der Waals surface area (Å²) in [6, 6.07) is 0. The summed E-state index contributed by atoms with van der Waals surface area (Å²) < 4.78 is 13.3. The number of rotatable bonds is 28. The van der Waals surface area contributed by atoms with Gasteiger partial charge in [0.2, 0.25) is 0 Å². The summed E-state index contributed by atoms with van der Waals surface area (Å²) in [4.78, 5) is 0. The highest BCUT2D eigenvalue weighted by Gasteiger charge is 2.63. The van der Waals surface area contributed by atoms with E-state index in [9.17, 15) is 0 Å². The minimum atomic E-state index is 0.403. The molecular weight excluding hydrogens is 627 g/mol. The van der Waals surface area contributed by atoms with Crippen molar-refractivity contribution in [3.05, 3.63) is 0 Å². The van der Waals surface area contributed by atoms with Crippen LogP contribution >= 0.6 is 0 Å². The Morgan fingerprint density at radius 2 is 1.20 bits per heavy atom. The molecule has 0 aromatic rings. The number of fused-ring (bicyclic) bond motifs is 5. The van der Waals surface area contributed by atoms with E-state index in [-0.39, 0.29) is 0 Å². The van der Waals surface area contributed by atoms with Gasteiger partial charge in [-0.3, -0.25) is 0 Å². The van der Waals surface area contributed by atoms with Crippen molar-refractivity contribution in [2.24, 2.45) is 57.8 Å². The quantitative estimate of drug-likeness (QED) is 0.0703. The van der Waals surface area contributed by atoms with E-state index in [1.807, 2.05) is 0 Å². The van der Waals surface area contributed by atoms with Crippen molar-refractivity contribution < 1.29 is 9.47 Å². The van der Waals surface area contributed by atoms with Gasteiger partial charge in [-0.2, -0.15) is 0 Å². The molecule has 0 amide bonds. The van der Waals surface area contributed by atoms with Crippen molar-refractivity contribution in [3.8, 4) is 0 Å². The summed E-state index contributed by atoms with van der Waals surface area (Å²) in [6.45, 7) is 15.9. The molecule has 0 aromatic carbocycles. The third-order valence-electron chi connectivity index (χ3n) is 15.5. The van der Waals surface area contributed by atoms with E-state index in [0.717, 1.165) is 74.7 Å². The second-order valence-electron chi connectivity index (χ2n) is 18.9. The van der Waals surface area contributed by atoms with Gasteiger partial charge in [0.25, 0.3) is 0 Å². The van der Waals surface area contributed by atoms with Gasteiger partial charge >= 0.3 is 0 Å². The Hall–Kier alpha value is -0.200. The minimum Gasteiger partial charge on any atom is -0.378 e. The Labute approximate surface area is 318 Å². The molecule has 0 heterocycles. The van der Waals surface area contributed by atoms with Gasteiger partial charge in [-0.05, 0) is 156 Å². The van der Waals surface area contributed by atoms with Crippen LogP contribution in [-0.4, -0.2) is 51.6 Å². The standard InChI is InChI=1S/C46H89N3O2/c1-5-6-7-8-9-10-11-12-13-14-15-16-17-18-31-49-32-19-22-37(2)40-23-24-41-44-42(26-28-46(40,41)4)45(3)27-25-39(50-33-20-29-47)35-38(45)36-43(44)51-34-21-30-48/h37-44,49H,5-36,47-48H2,1-4H3/t37-,38?,39-,40-,41+,42+,43-,44?,45+,46-/m1/s1. The average Bonchev–Trinajstić information content (AvgIpc) is 3.48. The van der Waals surface area contributed by atoms with E-state index in [1.165, 1.54) is 167 Å². The molecule has 0 radical (unpaired) electrons. The van der Waals surface area contributed by atoms with Gasteiger partial charge in [0.05, 0.1) is 12.2 Å². The summed E-state index contributed by atoms with van der Waals surface area (Å²) in [7, 11) is 0. The van der Waals surface area contributed by atoms with E-state index >= 15 is 0 Å². The van der Waals surface area contributed by atoms with Crippen molar-refractivity contribution in [2.45, 2.75) is 207 Å². The van der Waals surface area contributed by atoms with Crippen LogP contribution in [0.25, 0.3) is 0 Å². The summed E-state index contributed by atoms with van der Waals surface area (Å²) in [5.41, 5.74) is 12.6. The summed E-state index contributed by atoms with van der Waals surface area (Å²) in [5, 5.41) is 3.82. The molecule has 5 heteroatoms. The van der Waals surface area contributed by atoms with Crippen LogP contribution in [0.3, 0.4) is 0 Å². The largest absolute Gasteiger partial charge is 0.378 e. The summed E-state index contributed by atoms with van der Waals surface area (Å²) >= 11 is 0. The van der Waals surface area contributed by atoms with Crippen LogP contribution in [-0.2, 0) is 9.47 Å². The predicted molar refractivity (Wildman–Crippen MR) is 219 cm³/mol. The van der Waals surface area contributed by atoms with E-state index in [1.54, 1.807) is 0 Å². The molecule has 4 saturated carbocycles. The third kappa shape index (κ3) is 12.7. The van der Waals surface area contributed by atoms with Crippen LogP contribution < -0.4 is 16.8 Å². The maximum absolute atomic E-state index is 6.89. The van der Waals surface area contributed by atoms with E-state index in [4.69, 9.17) is 20.9 Å². The maximum atomic E-state index is 6.89. The topological polar surface area (TPSA) is 82.5 Å². The highest BCUT2D eigenvalue weighted by Crippen LogP contribution is 2.69. The molecule has 4 fully saturated rings. The first-order valence-corrected chi connectivity index (χ1v) is 23.2. The third-order valence-corrected chi connectivity index (χ3v) is 15.5. The Kier molecular flexibility index (Phi) is 20.2. The van der Waals surface area contributed by atoms with Gasteiger partial charge in [0, 0.05) is 13.2 Å². The van der Waals surface area contributed by atoms with Crippen LogP contribution in [0.15, 0.2) is 0 Å². The number of nitrogens with two attached hydrogens (primary N) is 2. The Morgan fingerprint density at radius 1 is 0.627 bits per heavy atom. The van der Waals surface area contributed by atoms with Crippen molar-refractivity contribution in [1.82, 2.24) is 5.32 Å². The van der Waals surface area contributed by atoms with E-state index < -0.39 is 0 Å². The zero-order valence-electron chi connectivity index (χ0n) is 34.7. The highest BCUT2D eigenvalue weighted by atomic mass is 16.5. The van der Waals surface area contributed by atoms with Gasteiger partial charge in [0.15, 0.2) is 0 Å². The van der Waals surface area contributed by atoms with Crippen molar-refractivity contribution in [3.63, 3.8) is 0 Å². The molecule has 5 nitrogen and oxygen atoms in total. The average molecular weight is 716 g/mol. The molecule has 4 aliphatic carbocycles. The van der Waals surface area contributed by atoms with Gasteiger partial charge < -0.3 is 26.3 Å². The molecule has 2 unspecified atom stereocenters. The van der Waals surface area contributed by atoms with Crippen LogP contribution in [0.5, 0.6) is 0 Å². The number of ether oxygens (including phenoxy) is 2. The first-order chi connectivity index (χ1) is 24.9. The van der Waals surface area contributed by atoms with Gasteiger partial charge in [-0.15, -0.1) is 0 Å². The van der Waals surface area contributed by atoms with E-state index in [2.05, 4.69) is 33.0 Å². The molecule has 0 aliphatic heterocycles. The number of hydrogen-bond donors (Lipinski definition) is 3. The second kappa shape index (κ2) is 23.7. The lowest BCUT2D eigenvalue weighted by atomic mass is 9.43. The zero-order valence-corrected chi connectivity index (χ0v) is 34.7. The van der Waals surface area contributed by atoms with Crippen LogP contribution in [0, 0.1) is 46.3 Å². The fourth-order valence-electron chi connectivity index (χ4n) is 12.4. The molecule has 0 saturated heterocycles. The lowest BCUT2D eigenvalue weighted by Gasteiger charge is -2.63. The normalized spacial score (nSPS) is 33.9. The molecule has 4 aliphatic rings. The molecule has 4 rings (SSSR count). The fourth-order valence-corrected chi connectivity index (χ4v) is 12.4. The van der Waals surface area contributed by atoms with Crippen LogP contribution in [0.4, 0.5) is 0 Å². The molecule has 51 heavy (non-hydrogen) atoms. The van der Waals surface area contributed by atoms with Gasteiger partial charge in [-0.25, -0.2) is 0 Å². The number of unbranched alkanes of at least 4 members (excludes halogenated alkanes) is 13. The summed E-state index contributed by atoms with van der Waals surface area (Å²) in [5.74, 6) is 4.76. The molecule has 10 atom stereocenters. The highest BCUT2D eigenvalue weighted by molar-refractivity contribution is 5.12. The van der Waals surface area contributed by atoms with Crippen molar-refractivity contribution in [2.75, 3.05) is 39.4 Å². The first kappa shape index (κ1) is 43.5. The maximum Gasteiger partial charge on any atom is 0.0611 e. The molecule has 300 valence electrons. The monoisotopic (exact) mass is 716 g/mol. The molecule has 0 spiro atoms. The molecular formula is C46H89N3O2. The Morgan fingerprint density at radius 3 is 1.84 bits per heavy atom. The van der Waals surface area contributed by atoms with Crippen molar-refractivity contribution >= 4 is 0 Å². The first-order valence-electron chi connectivity index (χ1n) is 23.2. The lowest BCUT2D eigenvalue weighted by molar-refractivity contribution is -0.191. The number of hydrogen-bond acceptors (Lipinski definition) is 5. The minimum absolute atomic E-state index is 0.403. The van der Waals surface area contributed by atoms with Crippen LogP contribution in [0.1, 0.15) is 195 Å². The predicted octanol–water partition coefficient (Wildman–Crippen LogP) is 11.2. The Balaban J connectivity index is 1.14. The summed E-state index contributed by atoms with van der Waals surface area (Å²) in [6.07, 6.45) is 36.3. The van der Waals surface area contributed by atoms with E-state index in [0.29, 0.717) is 23.0 Å². The SMILES string of the molecule is CCCCCCCCCCCCCCCCNCCC[C@@H](C)[C@H]1CC[C@H]2C3[C@H](OCCCN)CC4C[C@H](OCCCN)CC[C@]4(C)[C@H]3CC[C@]12C. The number of nitrogens with one attached hydrogen (secondary N) is 1. The lowest BCUT2D eigenvalue weighted by Crippen LogP contribution is -2.59. The van der Waals surface area contributed by atoms with Gasteiger partial charge in [-0.1, -0.05) is 111 Å². The zero-order chi connectivity index (χ0) is 36.4. The van der Waals surface area contributed by atoms with Crippen LogP contribution in [0.2, 0.25) is 0 Å². The van der Waals surface area contributed by atoms with Crippen molar-refractivity contribution in [1.29, 1.82) is 0 Å².